The third kappa shape index (κ3) is 3.64. The average Bonchev–Trinajstić information content (AvgIpc) is 2.58. The van der Waals surface area contributed by atoms with Crippen LogP contribution in [0.5, 0.6) is 0 Å². The zero-order chi connectivity index (χ0) is 10.4. The quantitative estimate of drug-likeness (QED) is 0.586. The SMILES string of the molecule is CCCNC(=O)CN[C@H]1CCC[C@@H]1O. The number of aliphatic hydroxyl groups is 1. The van der Waals surface area contributed by atoms with Crippen LogP contribution in [-0.4, -0.2) is 36.2 Å². The van der Waals surface area contributed by atoms with Crippen LogP contribution < -0.4 is 10.6 Å². The van der Waals surface area contributed by atoms with Gasteiger partial charge in [0.15, 0.2) is 0 Å². The van der Waals surface area contributed by atoms with Crippen LogP contribution in [0.4, 0.5) is 0 Å². The third-order valence-electron chi connectivity index (χ3n) is 2.58. The summed E-state index contributed by atoms with van der Waals surface area (Å²) in [7, 11) is 0. The van der Waals surface area contributed by atoms with Gasteiger partial charge in [-0.1, -0.05) is 6.92 Å². The fourth-order valence-corrected chi connectivity index (χ4v) is 1.73. The monoisotopic (exact) mass is 200 g/mol. The summed E-state index contributed by atoms with van der Waals surface area (Å²) in [6, 6.07) is 0.113. The lowest BCUT2D eigenvalue weighted by molar-refractivity contribution is -0.120. The number of aliphatic hydroxyl groups excluding tert-OH is 1. The zero-order valence-corrected chi connectivity index (χ0v) is 8.75. The van der Waals surface area contributed by atoms with Gasteiger partial charge in [0.05, 0.1) is 12.6 Å². The maximum Gasteiger partial charge on any atom is 0.233 e. The summed E-state index contributed by atoms with van der Waals surface area (Å²) in [5, 5.41) is 15.3. The summed E-state index contributed by atoms with van der Waals surface area (Å²) in [5.41, 5.74) is 0. The van der Waals surface area contributed by atoms with Gasteiger partial charge in [0.25, 0.3) is 0 Å². The second kappa shape index (κ2) is 5.98. The predicted molar refractivity (Wildman–Crippen MR) is 54.9 cm³/mol. The maximum absolute atomic E-state index is 11.2. The summed E-state index contributed by atoms with van der Waals surface area (Å²) >= 11 is 0. The highest BCUT2D eigenvalue weighted by molar-refractivity contribution is 5.77. The molecule has 4 heteroatoms. The van der Waals surface area contributed by atoms with Crippen molar-refractivity contribution in [1.29, 1.82) is 0 Å². The van der Waals surface area contributed by atoms with Gasteiger partial charge in [-0.05, 0) is 25.7 Å². The molecular weight excluding hydrogens is 180 g/mol. The van der Waals surface area contributed by atoms with Gasteiger partial charge in [0.1, 0.15) is 0 Å². The van der Waals surface area contributed by atoms with E-state index in [-0.39, 0.29) is 18.1 Å². The van der Waals surface area contributed by atoms with Crippen molar-refractivity contribution in [3.8, 4) is 0 Å². The standard InChI is InChI=1S/C10H20N2O2/c1-2-6-11-10(14)7-12-8-4-3-5-9(8)13/h8-9,12-13H,2-7H2,1H3,(H,11,14)/t8-,9-/m0/s1. The number of rotatable bonds is 5. The van der Waals surface area contributed by atoms with Crippen LogP contribution in [0.15, 0.2) is 0 Å². The van der Waals surface area contributed by atoms with Crippen molar-refractivity contribution in [1.82, 2.24) is 10.6 Å². The van der Waals surface area contributed by atoms with Crippen LogP contribution in [0.25, 0.3) is 0 Å². The van der Waals surface area contributed by atoms with Crippen molar-refractivity contribution in [3.63, 3.8) is 0 Å². The maximum atomic E-state index is 11.2. The minimum atomic E-state index is -0.269. The smallest absolute Gasteiger partial charge is 0.233 e. The Morgan fingerprint density at radius 2 is 2.29 bits per heavy atom. The Labute approximate surface area is 85.1 Å². The molecule has 4 nitrogen and oxygen atoms in total. The molecule has 0 aromatic carbocycles. The number of carbonyl (C=O) groups excluding carboxylic acids is 1. The van der Waals surface area contributed by atoms with Crippen LogP contribution in [0.1, 0.15) is 32.6 Å². The highest BCUT2D eigenvalue weighted by Gasteiger charge is 2.24. The Hall–Kier alpha value is -0.610. The average molecular weight is 200 g/mol. The van der Waals surface area contributed by atoms with Gasteiger partial charge in [-0.15, -0.1) is 0 Å². The molecule has 1 fully saturated rings. The lowest BCUT2D eigenvalue weighted by atomic mass is 10.2. The number of hydrogen-bond donors (Lipinski definition) is 3. The first kappa shape index (κ1) is 11.5. The Morgan fingerprint density at radius 3 is 2.86 bits per heavy atom. The fraction of sp³-hybridized carbons (Fsp3) is 0.900. The van der Waals surface area contributed by atoms with E-state index in [0.29, 0.717) is 6.54 Å². The van der Waals surface area contributed by atoms with Gasteiger partial charge >= 0.3 is 0 Å². The molecule has 0 aromatic heterocycles. The molecule has 0 spiro atoms. The minimum absolute atomic E-state index is 0.0194. The molecule has 0 saturated heterocycles. The summed E-state index contributed by atoms with van der Waals surface area (Å²) in [4.78, 5) is 11.2. The number of nitrogens with one attached hydrogen (secondary N) is 2. The molecule has 1 saturated carbocycles. The van der Waals surface area contributed by atoms with Crippen molar-refractivity contribution in [2.24, 2.45) is 0 Å². The molecule has 0 unspecified atom stereocenters. The molecule has 1 aliphatic rings. The van der Waals surface area contributed by atoms with Crippen LogP contribution in [-0.2, 0) is 4.79 Å². The van der Waals surface area contributed by atoms with E-state index in [2.05, 4.69) is 10.6 Å². The van der Waals surface area contributed by atoms with E-state index < -0.39 is 0 Å². The molecule has 0 bridgehead atoms. The largest absolute Gasteiger partial charge is 0.392 e. The van der Waals surface area contributed by atoms with Crippen LogP contribution in [0, 0.1) is 0 Å². The van der Waals surface area contributed by atoms with Gasteiger partial charge in [-0.25, -0.2) is 0 Å². The Bertz CT molecular complexity index is 185. The van der Waals surface area contributed by atoms with E-state index in [9.17, 15) is 9.90 Å². The molecule has 0 heterocycles. The van der Waals surface area contributed by atoms with Gasteiger partial charge < -0.3 is 15.7 Å². The van der Waals surface area contributed by atoms with E-state index in [4.69, 9.17) is 0 Å². The predicted octanol–water partition coefficient (Wildman–Crippen LogP) is 0.0156. The van der Waals surface area contributed by atoms with Crippen molar-refractivity contribution in [2.45, 2.75) is 44.8 Å². The van der Waals surface area contributed by atoms with Gasteiger partial charge in [0.2, 0.25) is 5.91 Å². The van der Waals surface area contributed by atoms with Gasteiger partial charge in [0, 0.05) is 12.6 Å². The van der Waals surface area contributed by atoms with Crippen LogP contribution in [0.3, 0.4) is 0 Å². The molecule has 1 aliphatic carbocycles. The molecule has 0 radical (unpaired) electrons. The molecule has 2 atom stereocenters. The van der Waals surface area contributed by atoms with Crippen LogP contribution >= 0.6 is 0 Å². The van der Waals surface area contributed by atoms with Crippen molar-refractivity contribution in [2.75, 3.05) is 13.1 Å². The second-order valence-electron chi connectivity index (χ2n) is 3.84. The minimum Gasteiger partial charge on any atom is -0.392 e. The molecule has 3 N–H and O–H groups in total. The van der Waals surface area contributed by atoms with E-state index in [1.54, 1.807) is 0 Å². The Morgan fingerprint density at radius 1 is 1.50 bits per heavy atom. The highest BCUT2D eigenvalue weighted by Crippen LogP contribution is 2.18. The van der Waals surface area contributed by atoms with Gasteiger partial charge in [-0.3, -0.25) is 4.79 Å². The first-order valence-corrected chi connectivity index (χ1v) is 5.42. The molecule has 14 heavy (non-hydrogen) atoms. The zero-order valence-electron chi connectivity index (χ0n) is 8.75. The Balaban J connectivity index is 2.10. The van der Waals surface area contributed by atoms with Crippen LogP contribution in [0.2, 0.25) is 0 Å². The van der Waals surface area contributed by atoms with Gasteiger partial charge in [-0.2, -0.15) is 0 Å². The normalized spacial score (nSPS) is 26.4. The molecule has 1 rings (SSSR count). The van der Waals surface area contributed by atoms with Crippen molar-refractivity contribution < 1.29 is 9.90 Å². The summed E-state index contributed by atoms with van der Waals surface area (Å²) in [5.74, 6) is 0.0194. The number of carbonyl (C=O) groups is 1. The summed E-state index contributed by atoms with van der Waals surface area (Å²) < 4.78 is 0. The second-order valence-corrected chi connectivity index (χ2v) is 3.84. The highest BCUT2D eigenvalue weighted by atomic mass is 16.3. The van der Waals surface area contributed by atoms with Crippen molar-refractivity contribution in [3.05, 3.63) is 0 Å². The topological polar surface area (TPSA) is 61.4 Å². The first-order valence-electron chi connectivity index (χ1n) is 5.42. The van der Waals surface area contributed by atoms with E-state index in [1.165, 1.54) is 0 Å². The number of amides is 1. The Kier molecular flexibility index (Phi) is 4.90. The van der Waals surface area contributed by atoms with Crippen molar-refractivity contribution >= 4 is 5.91 Å². The van der Waals surface area contributed by atoms with E-state index in [1.807, 2.05) is 6.92 Å². The summed E-state index contributed by atoms with van der Waals surface area (Å²) in [6.07, 6.45) is 3.57. The number of hydrogen-bond acceptors (Lipinski definition) is 3. The molecule has 0 aromatic rings. The third-order valence-corrected chi connectivity index (χ3v) is 2.58. The summed E-state index contributed by atoms with van der Waals surface area (Å²) in [6.45, 7) is 3.07. The lowest BCUT2D eigenvalue weighted by Crippen LogP contribution is -2.42. The lowest BCUT2D eigenvalue weighted by Gasteiger charge is -2.15. The fourth-order valence-electron chi connectivity index (χ4n) is 1.73. The molecular formula is C10H20N2O2. The van der Waals surface area contributed by atoms with E-state index >= 15 is 0 Å². The molecule has 1 amide bonds. The van der Waals surface area contributed by atoms with E-state index in [0.717, 1.165) is 32.2 Å². The molecule has 0 aliphatic heterocycles. The molecule has 82 valence electrons. The first-order chi connectivity index (χ1) is 6.74.